The number of phenolic OH excluding ortho intramolecular Hbond substituents is 1. The maximum absolute atomic E-state index is 9.59. The molecule has 2 aromatic carbocycles. The molecule has 5 heteroatoms. The van der Waals surface area contributed by atoms with E-state index >= 15 is 0 Å². The Morgan fingerprint density at radius 2 is 1.72 bits per heavy atom. The molecule has 1 aromatic heterocycles. The van der Waals surface area contributed by atoms with Crippen molar-refractivity contribution < 1.29 is 5.11 Å². The van der Waals surface area contributed by atoms with Gasteiger partial charge in [0.25, 0.3) is 0 Å². The average molecular weight is 240 g/mol. The van der Waals surface area contributed by atoms with Gasteiger partial charge >= 0.3 is 0 Å². The summed E-state index contributed by atoms with van der Waals surface area (Å²) in [4.78, 5) is 1.54. The number of nitrogens with zero attached hydrogens (tertiary/aromatic N) is 3. The lowest BCUT2D eigenvalue weighted by Crippen LogP contribution is -2.02. The van der Waals surface area contributed by atoms with E-state index in [-0.39, 0.29) is 12.3 Å². The Hall–Kier alpha value is -2.40. The third kappa shape index (κ3) is 1.70. The van der Waals surface area contributed by atoms with Crippen molar-refractivity contribution in [3.05, 3.63) is 48.0 Å². The molecule has 0 unspecified atom stereocenters. The summed E-state index contributed by atoms with van der Waals surface area (Å²) in [5.41, 5.74) is 8.69. The van der Waals surface area contributed by atoms with Gasteiger partial charge in [-0.15, -0.1) is 10.2 Å². The van der Waals surface area contributed by atoms with E-state index in [0.29, 0.717) is 5.56 Å². The van der Waals surface area contributed by atoms with Gasteiger partial charge in [0.05, 0.1) is 5.69 Å². The number of aromatic hydroxyl groups is 1. The van der Waals surface area contributed by atoms with Crippen LogP contribution in [0.2, 0.25) is 0 Å². The Labute approximate surface area is 103 Å². The third-order valence-corrected chi connectivity index (χ3v) is 2.80. The van der Waals surface area contributed by atoms with Crippen molar-refractivity contribution in [1.29, 1.82) is 0 Å². The maximum atomic E-state index is 9.59. The number of nitrogens with two attached hydrogens (primary N) is 1. The van der Waals surface area contributed by atoms with Crippen LogP contribution in [0.4, 0.5) is 0 Å². The van der Waals surface area contributed by atoms with Gasteiger partial charge in [-0.2, -0.15) is 4.80 Å². The molecule has 3 rings (SSSR count). The zero-order chi connectivity index (χ0) is 12.5. The van der Waals surface area contributed by atoms with E-state index in [2.05, 4.69) is 10.2 Å². The minimum Gasteiger partial charge on any atom is -0.508 e. The van der Waals surface area contributed by atoms with Crippen molar-refractivity contribution in [2.45, 2.75) is 6.54 Å². The zero-order valence-corrected chi connectivity index (χ0v) is 9.61. The second-order valence-corrected chi connectivity index (χ2v) is 4.00. The first kappa shape index (κ1) is 10.7. The van der Waals surface area contributed by atoms with Crippen LogP contribution in [0.5, 0.6) is 5.75 Å². The van der Waals surface area contributed by atoms with Gasteiger partial charge < -0.3 is 10.8 Å². The van der Waals surface area contributed by atoms with Crippen molar-refractivity contribution in [3.63, 3.8) is 0 Å². The quantitative estimate of drug-likeness (QED) is 0.713. The lowest BCUT2D eigenvalue weighted by Gasteiger charge is -2.04. The summed E-state index contributed by atoms with van der Waals surface area (Å²) in [5, 5.41) is 18.3. The van der Waals surface area contributed by atoms with Crippen LogP contribution in [0.15, 0.2) is 42.5 Å². The summed E-state index contributed by atoms with van der Waals surface area (Å²) >= 11 is 0. The van der Waals surface area contributed by atoms with Gasteiger partial charge in [0, 0.05) is 12.1 Å². The molecule has 1 heterocycles. The summed E-state index contributed by atoms with van der Waals surface area (Å²) in [6.07, 6.45) is 0. The molecule has 3 N–H and O–H groups in total. The van der Waals surface area contributed by atoms with E-state index in [4.69, 9.17) is 5.73 Å². The Morgan fingerprint density at radius 1 is 1.06 bits per heavy atom. The van der Waals surface area contributed by atoms with Gasteiger partial charge in [0.15, 0.2) is 0 Å². The highest BCUT2D eigenvalue weighted by molar-refractivity contribution is 5.73. The van der Waals surface area contributed by atoms with Crippen LogP contribution in [0.3, 0.4) is 0 Å². The minimum absolute atomic E-state index is 0.193. The fourth-order valence-corrected chi connectivity index (χ4v) is 1.84. The molecule has 18 heavy (non-hydrogen) atoms. The fourth-order valence-electron chi connectivity index (χ4n) is 1.84. The third-order valence-electron chi connectivity index (χ3n) is 2.80. The molecule has 0 saturated carbocycles. The molecule has 5 nitrogen and oxygen atoms in total. The summed E-state index contributed by atoms with van der Waals surface area (Å²) < 4.78 is 0. The van der Waals surface area contributed by atoms with E-state index in [9.17, 15) is 5.11 Å². The monoisotopic (exact) mass is 240 g/mol. The number of benzene rings is 2. The molecule has 0 aliphatic heterocycles. The zero-order valence-electron chi connectivity index (χ0n) is 9.61. The fraction of sp³-hybridized carbons (Fsp3) is 0.0769. The molecule has 0 bridgehead atoms. The van der Waals surface area contributed by atoms with Gasteiger partial charge in [-0.1, -0.05) is 12.1 Å². The first-order valence-corrected chi connectivity index (χ1v) is 5.62. The highest BCUT2D eigenvalue weighted by Gasteiger charge is 2.06. The number of rotatable bonds is 2. The normalized spacial score (nSPS) is 10.9. The van der Waals surface area contributed by atoms with Crippen molar-refractivity contribution in [2.24, 2.45) is 5.73 Å². The summed E-state index contributed by atoms with van der Waals surface area (Å²) in [6.45, 7) is 0.278. The largest absolute Gasteiger partial charge is 0.508 e. The molecule has 3 aromatic rings. The highest BCUT2D eigenvalue weighted by atomic mass is 16.3. The number of fused-ring (bicyclic) bond motifs is 1. The molecule has 0 amide bonds. The van der Waals surface area contributed by atoms with Gasteiger partial charge in [-0.25, -0.2) is 0 Å². The van der Waals surface area contributed by atoms with Gasteiger partial charge in [-0.3, -0.25) is 0 Å². The Bertz CT molecular complexity index is 672. The van der Waals surface area contributed by atoms with Gasteiger partial charge in [-0.05, 0) is 30.3 Å². The summed E-state index contributed by atoms with van der Waals surface area (Å²) in [7, 11) is 0. The maximum Gasteiger partial charge on any atom is 0.120 e. The van der Waals surface area contributed by atoms with Gasteiger partial charge in [0.1, 0.15) is 16.8 Å². The number of phenols is 1. The highest BCUT2D eigenvalue weighted by Crippen LogP contribution is 2.20. The molecule has 0 fully saturated rings. The van der Waals surface area contributed by atoms with Crippen LogP contribution < -0.4 is 5.73 Å². The van der Waals surface area contributed by atoms with Crippen molar-refractivity contribution in [3.8, 4) is 11.4 Å². The second-order valence-electron chi connectivity index (χ2n) is 4.00. The first-order valence-electron chi connectivity index (χ1n) is 5.62. The van der Waals surface area contributed by atoms with Crippen LogP contribution in [-0.4, -0.2) is 20.1 Å². The summed E-state index contributed by atoms with van der Waals surface area (Å²) in [5.74, 6) is 0.193. The topological polar surface area (TPSA) is 77.0 Å². The predicted octanol–water partition coefficient (Wildman–Crippen LogP) is 1.58. The number of hydrogen-bond donors (Lipinski definition) is 2. The lowest BCUT2D eigenvalue weighted by atomic mass is 10.2. The Morgan fingerprint density at radius 3 is 2.33 bits per heavy atom. The minimum atomic E-state index is 0.193. The van der Waals surface area contributed by atoms with E-state index < -0.39 is 0 Å². The van der Waals surface area contributed by atoms with Gasteiger partial charge in [0.2, 0.25) is 0 Å². The van der Waals surface area contributed by atoms with E-state index in [1.54, 1.807) is 23.0 Å². The first-order chi connectivity index (χ1) is 8.78. The van der Waals surface area contributed by atoms with Crippen molar-refractivity contribution in [1.82, 2.24) is 15.0 Å². The Kier molecular flexibility index (Phi) is 2.46. The molecular formula is C13H12N4O. The molecule has 0 atom stereocenters. The standard InChI is InChI=1S/C13H12N4O/c14-8-9-7-10(5-6-13(9)18)17-15-11-3-1-2-4-12(11)16-17/h1-7,18H,8,14H2. The Balaban J connectivity index is 2.13. The van der Waals surface area contributed by atoms with E-state index in [0.717, 1.165) is 16.7 Å². The molecule has 0 saturated heterocycles. The van der Waals surface area contributed by atoms with Crippen LogP contribution in [0.25, 0.3) is 16.7 Å². The van der Waals surface area contributed by atoms with Crippen LogP contribution in [-0.2, 0) is 6.54 Å². The molecular weight excluding hydrogens is 228 g/mol. The predicted molar refractivity (Wildman–Crippen MR) is 68.4 cm³/mol. The lowest BCUT2D eigenvalue weighted by molar-refractivity contribution is 0.468. The molecule has 0 radical (unpaired) electrons. The van der Waals surface area contributed by atoms with Crippen LogP contribution in [0, 0.1) is 0 Å². The van der Waals surface area contributed by atoms with Crippen LogP contribution in [0.1, 0.15) is 5.56 Å². The van der Waals surface area contributed by atoms with Crippen LogP contribution >= 0.6 is 0 Å². The van der Waals surface area contributed by atoms with E-state index in [1.165, 1.54) is 0 Å². The molecule has 0 aliphatic carbocycles. The number of aromatic nitrogens is 3. The molecule has 90 valence electrons. The molecule has 0 aliphatic rings. The van der Waals surface area contributed by atoms with Crippen molar-refractivity contribution >= 4 is 11.0 Å². The average Bonchev–Trinajstić information content (AvgIpc) is 2.83. The van der Waals surface area contributed by atoms with E-state index in [1.807, 2.05) is 24.3 Å². The second kappa shape index (κ2) is 4.12. The molecule has 0 spiro atoms. The smallest absolute Gasteiger partial charge is 0.120 e. The number of hydrogen-bond acceptors (Lipinski definition) is 4. The summed E-state index contributed by atoms with van der Waals surface area (Å²) in [6, 6.07) is 12.8. The van der Waals surface area contributed by atoms with Crippen molar-refractivity contribution in [2.75, 3.05) is 0 Å². The SMILES string of the molecule is NCc1cc(-n2nc3ccccc3n2)ccc1O.